The van der Waals surface area contributed by atoms with Gasteiger partial charge < -0.3 is 9.73 Å². The summed E-state index contributed by atoms with van der Waals surface area (Å²) in [7, 11) is 0. The van der Waals surface area contributed by atoms with Crippen molar-refractivity contribution in [2.45, 2.75) is 6.92 Å². The SMILES string of the molecule is Cc1cc(NC(=O)c2ccc(Cl)c([N+](=O)[O-])c2)n(-c2nc(-c3ccco3)cs2)n1. The predicted molar refractivity (Wildman–Crippen MR) is 108 cm³/mol. The topological polar surface area (TPSA) is 116 Å². The smallest absolute Gasteiger partial charge is 0.288 e. The van der Waals surface area contributed by atoms with E-state index in [0.717, 1.165) is 6.07 Å². The molecule has 0 unspecified atom stereocenters. The van der Waals surface area contributed by atoms with Crippen LogP contribution in [0.3, 0.4) is 0 Å². The number of thiazole rings is 1. The van der Waals surface area contributed by atoms with Crippen LogP contribution in [0.1, 0.15) is 16.1 Å². The Morgan fingerprint density at radius 1 is 1.34 bits per heavy atom. The van der Waals surface area contributed by atoms with E-state index >= 15 is 0 Å². The van der Waals surface area contributed by atoms with E-state index in [9.17, 15) is 14.9 Å². The maximum atomic E-state index is 12.6. The van der Waals surface area contributed by atoms with Crippen LogP contribution in [0, 0.1) is 17.0 Å². The van der Waals surface area contributed by atoms with Crippen molar-refractivity contribution in [1.29, 1.82) is 0 Å². The number of nitrogens with zero attached hydrogens (tertiary/aromatic N) is 4. The lowest BCUT2D eigenvalue weighted by molar-refractivity contribution is -0.384. The van der Waals surface area contributed by atoms with Crippen molar-refractivity contribution >= 4 is 40.4 Å². The van der Waals surface area contributed by atoms with E-state index in [-0.39, 0.29) is 16.3 Å². The normalized spacial score (nSPS) is 10.8. The summed E-state index contributed by atoms with van der Waals surface area (Å²) in [5, 5.41) is 20.5. The molecule has 9 nitrogen and oxygen atoms in total. The van der Waals surface area contributed by atoms with Gasteiger partial charge in [-0.05, 0) is 31.2 Å². The number of nitrogens with one attached hydrogen (secondary N) is 1. The molecule has 3 heterocycles. The second kappa shape index (κ2) is 7.49. The number of hydrogen-bond acceptors (Lipinski definition) is 7. The van der Waals surface area contributed by atoms with E-state index in [0.29, 0.717) is 28.1 Å². The number of nitro benzene ring substituents is 1. The average molecular weight is 430 g/mol. The lowest BCUT2D eigenvalue weighted by atomic mass is 10.2. The number of rotatable bonds is 5. The number of hydrogen-bond donors (Lipinski definition) is 1. The maximum absolute atomic E-state index is 12.6. The van der Waals surface area contributed by atoms with Gasteiger partial charge in [-0.15, -0.1) is 11.3 Å². The van der Waals surface area contributed by atoms with Crippen LogP contribution in [0.25, 0.3) is 16.6 Å². The molecule has 0 saturated heterocycles. The van der Waals surface area contributed by atoms with Crippen LogP contribution in [-0.4, -0.2) is 25.6 Å². The minimum absolute atomic E-state index is 0.0410. The number of furan rings is 1. The Hall–Kier alpha value is -3.50. The van der Waals surface area contributed by atoms with Gasteiger partial charge in [0.1, 0.15) is 16.5 Å². The number of amides is 1. The molecule has 0 radical (unpaired) electrons. The molecule has 3 aromatic heterocycles. The number of carbonyl (C=O) groups excluding carboxylic acids is 1. The highest BCUT2D eigenvalue weighted by Gasteiger charge is 2.19. The Labute approximate surface area is 172 Å². The van der Waals surface area contributed by atoms with Gasteiger partial charge in [0.15, 0.2) is 5.76 Å². The minimum atomic E-state index is -0.640. The van der Waals surface area contributed by atoms with Crippen LogP contribution < -0.4 is 5.32 Å². The van der Waals surface area contributed by atoms with E-state index in [1.54, 1.807) is 31.4 Å². The van der Waals surface area contributed by atoms with Crippen LogP contribution in [0.15, 0.2) is 52.5 Å². The molecule has 1 amide bonds. The summed E-state index contributed by atoms with van der Waals surface area (Å²) in [5.41, 5.74) is 1.07. The first-order valence-electron chi connectivity index (χ1n) is 8.24. The number of aromatic nitrogens is 3. The van der Waals surface area contributed by atoms with Crippen molar-refractivity contribution in [3.05, 3.63) is 74.4 Å². The zero-order valence-electron chi connectivity index (χ0n) is 14.8. The molecule has 0 aliphatic rings. The maximum Gasteiger partial charge on any atom is 0.288 e. The van der Waals surface area contributed by atoms with Gasteiger partial charge in [0.05, 0.1) is 16.9 Å². The van der Waals surface area contributed by atoms with Gasteiger partial charge in [-0.1, -0.05) is 11.6 Å². The molecule has 0 bridgehead atoms. The highest BCUT2D eigenvalue weighted by molar-refractivity contribution is 7.12. The quantitative estimate of drug-likeness (QED) is 0.362. The molecule has 11 heteroatoms. The van der Waals surface area contributed by atoms with Crippen molar-refractivity contribution in [3.63, 3.8) is 0 Å². The molecule has 146 valence electrons. The number of anilines is 1. The zero-order chi connectivity index (χ0) is 20.5. The monoisotopic (exact) mass is 429 g/mol. The average Bonchev–Trinajstić information content (AvgIpc) is 3.42. The number of aryl methyl sites for hydroxylation is 1. The molecule has 4 aromatic rings. The Kier molecular flexibility index (Phi) is 4.87. The van der Waals surface area contributed by atoms with Crippen LogP contribution in [-0.2, 0) is 0 Å². The third-order valence-corrected chi connectivity index (χ3v) is 5.06. The molecular weight excluding hydrogens is 418 g/mol. The van der Waals surface area contributed by atoms with Crippen molar-refractivity contribution in [3.8, 4) is 16.6 Å². The van der Waals surface area contributed by atoms with Gasteiger partial charge in [0.2, 0.25) is 5.13 Å². The fourth-order valence-corrected chi connectivity index (χ4v) is 3.58. The summed E-state index contributed by atoms with van der Waals surface area (Å²) in [4.78, 5) is 27.5. The molecule has 0 fully saturated rings. The largest absolute Gasteiger partial charge is 0.463 e. The van der Waals surface area contributed by atoms with Crippen LogP contribution in [0.4, 0.5) is 11.5 Å². The number of benzene rings is 1. The standard InChI is InChI=1S/C18H12ClN5O4S/c1-10-7-16(21-17(25)11-4-5-12(19)14(8-11)24(26)27)23(22-10)18-20-13(9-29-18)15-3-2-6-28-15/h2-9H,1H3,(H,21,25). The van der Waals surface area contributed by atoms with Crippen molar-refractivity contribution in [2.24, 2.45) is 0 Å². The third-order valence-electron chi connectivity index (χ3n) is 3.93. The Morgan fingerprint density at radius 3 is 2.90 bits per heavy atom. The fraction of sp³-hybridized carbons (Fsp3) is 0.0556. The molecular formula is C18H12ClN5O4S. The number of carbonyl (C=O) groups is 1. The van der Waals surface area contributed by atoms with Gasteiger partial charge in [-0.3, -0.25) is 14.9 Å². The van der Waals surface area contributed by atoms with Crippen molar-refractivity contribution < 1.29 is 14.1 Å². The van der Waals surface area contributed by atoms with Gasteiger partial charge in [-0.25, -0.2) is 4.98 Å². The first-order chi connectivity index (χ1) is 13.9. The summed E-state index contributed by atoms with van der Waals surface area (Å²) in [5.74, 6) is 0.467. The summed E-state index contributed by atoms with van der Waals surface area (Å²) in [6.07, 6.45) is 1.56. The molecule has 0 aliphatic heterocycles. The summed E-state index contributed by atoms with van der Waals surface area (Å²) >= 11 is 7.14. The molecule has 1 N–H and O–H groups in total. The summed E-state index contributed by atoms with van der Waals surface area (Å²) in [6, 6.07) is 9.09. The van der Waals surface area contributed by atoms with Gasteiger partial charge >= 0.3 is 0 Å². The zero-order valence-corrected chi connectivity index (χ0v) is 16.4. The van der Waals surface area contributed by atoms with Crippen LogP contribution in [0.2, 0.25) is 5.02 Å². The van der Waals surface area contributed by atoms with E-state index in [1.807, 2.05) is 5.38 Å². The van der Waals surface area contributed by atoms with Gasteiger partial charge in [-0.2, -0.15) is 9.78 Å². The molecule has 0 aliphatic carbocycles. The predicted octanol–water partition coefficient (Wildman–Crippen LogP) is 4.71. The highest BCUT2D eigenvalue weighted by Crippen LogP contribution is 2.28. The van der Waals surface area contributed by atoms with Crippen LogP contribution >= 0.6 is 22.9 Å². The molecule has 4 rings (SSSR count). The number of halogens is 1. The van der Waals surface area contributed by atoms with Crippen molar-refractivity contribution in [1.82, 2.24) is 14.8 Å². The molecule has 0 atom stereocenters. The number of nitro groups is 1. The fourth-order valence-electron chi connectivity index (χ4n) is 2.62. The molecule has 29 heavy (non-hydrogen) atoms. The third kappa shape index (κ3) is 3.75. The first-order valence-corrected chi connectivity index (χ1v) is 9.50. The minimum Gasteiger partial charge on any atom is -0.463 e. The highest BCUT2D eigenvalue weighted by atomic mass is 35.5. The first kappa shape index (κ1) is 18.8. The Balaban J connectivity index is 1.63. The van der Waals surface area contributed by atoms with E-state index in [2.05, 4.69) is 15.4 Å². The van der Waals surface area contributed by atoms with Crippen molar-refractivity contribution in [2.75, 3.05) is 5.32 Å². The van der Waals surface area contributed by atoms with E-state index < -0.39 is 10.8 Å². The van der Waals surface area contributed by atoms with Crippen LogP contribution in [0.5, 0.6) is 0 Å². The van der Waals surface area contributed by atoms with Gasteiger partial charge in [0.25, 0.3) is 11.6 Å². The lowest BCUT2D eigenvalue weighted by Crippen LogP contribution is -2.15. The second-order valence-corrected chi connectivity index (χ2v) is 7.20. The van der Waals surface area contributed by atoms with E-state index in [1.165, 1.54) is 28.2 Å². The summed E-state index contributed by atoms with van der Waals surface area (Å²) < 4.78 is 6.84. The second-order valence-electron chi connectivity index (χ2n) is 5.95. The summed E-state index contributed by atoms with van der Waals surface area (Å²) in [6.45, 7) is 1.78. The molecule has 1 aromatic carbocycles. The molecule has 0 saturated carbocycles. The lowest BCUT2D eigenvalue weighted by Gasteiger charge is -2.07. The molecule has 0 spiro atoms. The van der Waals surface area contributed by atoms with Gasteiger partial charge in [0, 0.05) is 23.1 Å². The Morgan fingerprint density at radius 2 is 2.17 bits per heavy atom. The van der Waals surface area contributed by atoms with E-state index in [4.69, 9.17) is 16.0 Å². The Bertz CT molecular complexity index is 1220.